The van der Waals surface area contributed by atoms with Gasteiger partial charge in [-0.15, -0.1) is 0 Å². The molecule has 6 radical (unpaired) electrons. The van der Waals surface area contributed by atoms with Crippen molar-refractivity contribution >= 4 is 41.4 Å². The lowest BCUT2D eigenvalue weighted by atomic mass is 9.89. The summed E-state index contributed by atoms with van der Waals surface area (Å²) in [7, 11) is 15.4. The summed E-state index contributed by atoms with van der Waals surface area (Å²) in [5.41, 5.74) is 0. The highest BCUT2D eigenvalue weighted by Crippen LogP contribution is 2.13. The first-order valence-electron chi connectivity index (χ1n) is 6.86. The number of nitriles is 1. The Hall–Kier alpha value is -2.12. The van der Waals surface area contributed by atoms with Crippen LogP contribution in [0.25, 0.3) is 0 Å². The topological polar surface area (TPSA) is 102 Å². The van der Waals surface area contributed by atoms with Crippen molar-refractivity contribution in [1.82, 2.24) is 15.4 Å². The van der Waals surface area contributed by atoms with Gasteiger partial charge in [-0.25, -0.2) is 0 Å². The van der Waals surface area contributed by atoms with Crippen LogP contribution >= 0.6 is 0 Å². The Labute approximate surface area is 147 Å². The van der Waals surface area contributed by atoms with Gasteiger partial charge in [-0.2, -0.15) is 18.4 Å². The standard InChI is InChI=1S/C8H6B3F3N4O3.C4H10/c9-3(1-15)17-6(20)5(10)18(11)4(19)2-16-7(21)8(12,13)14;1-4(2)3/h3,5H,2H2,(H,16,21)(H,17,20);4H,1-3H3. The molecule has 0 saturated carbocycles. The lowest BCUT2D eigenvalue weighted by Gasteiger charge is -2.26. The highest BCUT2D eigenvalue weighted by molar-refractivity contribution is 6.31. The summed E-state index contributed by atoms with van der Waals surface area (Å²) in [4.78, 5) is 33.2. The lowest BCUT2D eigenvalue weighted by molar-refractivity contribution is -0.173. The third-order valence-electron chi connectivity index (χ3n) is 1.95. The molecule has 2 unspecified atom stereocenters. The summed E-state index contributed by atoms with van der Waals surface area (Å²) in [6.45, 7) is 5.38. The normalized spacial score (nSPS) is 12.7. The van der Waals surface area contributed by atoms with Crippen molar-refractivity contribution in [1.29, 1.82) is 5.26 Å². The summed E-state index contributed by atoms with van der Waals surface area (Å²) in [6, 6.07) is 1.44. The van der Waals surface area contributed by atoms with E-state index in [2.05, 4.69) is 20.8 Å². The predicted molar refractivity (Wildman–Crippen MR) is 85.0 cm³/mol. The fraction of sp³-hybridized carbons (Fsp3) is 0.667. The van der Waals surface area contributed by atoms with Crippen molar-refractivity contribution < 1.29 is 27.6 Å². The minimum atomic E-state index is -5.17. The van der Waals surface area contributed by atoms with Crippen LogP contribution in [0.3, 0.4) is 0 Å². The second-order valence-corrected chi connectivity index (χ2v) is 5.27. The van der Waals surface area contributed by atoms with Gasteiger partial charge < -0.3 is 15.4 Å². The zero-order valence-corrected chi connectivity index (χ0v) is 13.9. The average molecular weight is 354 g/mol. The number of carbonyl (C=O) groups excluding carboxylic acids is 3. The minimum Gasteiger partial charge on any atom is -0.392 e. The summed E-state index contributed by atoms with van der Waals surface area (Å²) in [6.07, 6.45) is -5.17. The SMILES string of the molecule is CC(C)C.[B]C(C#N)NC(=O)C([B])N([B])C(=O)CNC(=O)C(F)(F)F. The Bertz CT molecular complexity index is 509. The molecule has 2 atom stereocenters. The zero-order valence-electron chi connectivity index (χ0n) is 13.9. The van der Waals surface area contributed by atoms with Gasteiger partial charge in [-0.3, -0.25) is 14.4 Å². The second-order valence-electron chi connectivity index (χ2n) is 5.27. The van der Waals surface area contributed by atoms with Crippen LogP contribution < -0.4 is 10.6 Å². The number of amides is 3. The molecule has 0 aliphatic heterocycles. The first-order valence-corrected chi connectivity index (χ1v) is 6.86. The Morgan fingerprint density at radius 1 is 1.20 bits per heavy atom. The number of nitrogens with one attached hydrogen (secondary N) is 2. The molecule has 7 nitrogen and oxygen atoms in total. The van der Waals surface area contributed by atoms with E-state index in [4.69, 9.17) is 28.9 Å². The first-order chi connectivity index (χ1) is 11.2. The van der Waals surface area contributed by atoms with Crippen molar-refractivity contribution in [2.45, 2.75) is 38.8 Å². The molecule has 0 fully saturated rings. The van der Waals surface area contributed by atoms with Gasteiger partial charge in [0, 0.05) is 0 Å². The number of rotatable bonds is 5. The van der Waals surface area contributed by atoms with E-state index >= 15 is 0 Å². The molecule has 25 heavy (non-hydrogen) atoms. The van der Waals surface area contributed by atoms with Gasteiger partial charge in [0.05, 0.1) is 24.5 Å². The third kappa shape index (κ3) is 12.0. The molecule has 3 amide bonds. The van der Waals surface area contributed by atoms with Crippen LogP contribution in [0.15, 0.2) is 0 Å². The number of alkyl halides is 3. The summed E-state index contributed by atoms with van der Waals surface area (Å²) in [5, 5.41) is 11.5. The predicted octanol–water partition coefficient (Wildman–Crippen LogP) is -1.13. The summed E-state index contributed by atoms with van der Waals surface area (Å²) >= 11 is 0. The van der Waals surface area contributed by atoms with Crippen LogP contribution in [0.4, 0.5) is 13.2 Å². The Kier molecular flexibility index (Phi) is 11.5. The summed E-state index contributed by atoms with van der Waals surface area (Å²) < 4.78 is 35.6. The Morgan fingerprint density at radius 2 is 1.64 bits per heavy atom. The maximum atomic E-state index is 11.9. The molecular formula is C12H16B3F3N4O3. The van der Waals surface area contributed by atoms with Crippen molar-refractivity contribution in [2.75, 3.05) is 6.54 Å². The molecule has 0 aromatic rings. The molecule has 0 spiro atoms. The van der Waals surface area contributed by atoms with E-state index in [0.29, 0.717) is 0 Å². The molecule has 0 aliphatic carbocycles. The lowest BCUT2D eigenvalue weighted by Crippen LogP contribution is -2.53. The average Bonchev–Trinajstić information content (AvgIpc) is 2.48. The van der Waals surface area contributed by atoms with Crippen LogP contribution in [0.5, 0.6) is 0 Å². The molecule has 132 valence electrons. The monoisotopic (exact) mass is 354 g/mol. The van der Waals surface area contributed by atoms with Gasteiger partial charge in [0.1, 0.15) is 15.7 Å². The van der Waals surface area contributed by atoms with Gasteiger partial charge in [-0.05, 0) is 5.92 Å². The number of hydrogen-bond donors (Lipinski definition) is 2. The van der Waals surface area contributed by atoms with Gasteiger partial charge in [-0.1, -0.05) is 20.8 Å². The number of hydrogen-bond acceptors (Lipinski definition) is 4. The van der Waals surface area contributed by atoms with Gasteiger partial charge in [0.15, 0.2) is 0 Å². The van der Waals surface area contributed by atoms with Gasteiger partial charge in [0.2, 0.25) is 19.8 Å². The fourth-order valence-electron chi connectivity index (χ4n) is 0.900. The van der Waals surface area contributed by atoms with E-state index in [-0.39, 0.29) is 4.81 Å². The molecule has 0 aromatic heterocycles. The van der Waals surface area contributed by atoms with Crippen LogP contribution in [0, 0.1) is 17.2 Å². The van der Waals surface area contributed by atoms with E-state index in [1.165, 1.54) is 11.4 Å². The molecule has 0 rings (SSSR count). The van der Waals surface area contributed by atoms with Crippen LogP contribution in [-0.2, 0) is 14.4 Å². The number of carbonyl (C=O) groups is 3. The van der Waals surface area contributed by atoms with Crippen LogP contribution in [0.2, 0.25) is 0 Å². The Morgan fingerprint density at radius 3 is 2.00 bits per heavy atom. The second kappa shape index (κ2) is 11.4. The molecule has 2 N–H and O–H groups in total. The molecule has 0 aliphatic rings. The largest absolute Gasteiger partial charge is 0.471 e. The maximum absolute atomic E-state index is 11.9. The highest BCUT2D eigenvalue weighted by Gasteiger charge is 2.38. The Balaban J connectivity index is 0. The zero-order chi connectivity index (χ0) is 20.4. The van der Waals surface area contributed by atoms with E-state index in [9.17, 15) is 27.6 Å². The van der Waals surface area contributed by atoms with Crippen molar-refractivity contribution in [3.63, 3.8) is 0 Å². The third-order valence-corrected chi connectivity index (χ3v) is 1.95. The summed E-state index contributed by atoms with van der Waals surface area (Å²) in [5.74, 6) is -7.10. The maximum Gasteiger partial charge on any atom is 0.471 e. The molecule has 0 heterocycles. The van der Waals surface area contributed by atoms with Gasteiger partial charge in [0.25, 0.3) is 0 Å². The van der Waals surface area contributed by atoms with E-state index in [1.54, 1.807) is 0 Å². The fourth-order valence-corrected chi connectivity index (χ4v) is 0.900. The van der Waals surface area contributed by atoms with Crippen molar-refractivity contribution in [3.8, 4) is 6.07 Å². The molecule has 0 saturated heterocycles. The van der Waals surface area contributed by atoms with Crippen LogP contribution in [0.1, 0.15) is 20.8 Å². The highest BCUT2D eigenvalue weighted by atomic mass is 19.4. The van der Waals surface area contributed by atoms with E-state index in [1.807, 2.05) is 5.32 Å². The number of nitrogens with zero attached hydrogens (tertiary/aromatic N) is 2. The van der Waals surface area contributed by atoms with E-state index < -0.39 is 42.3 Å². The molecular weight excluding hydrogens is 338 g/mol. The molecule has 0 bridgehead atoms. The smallest absolute Gasteiger partial charge is 0.392 e. The quantitative estimate of drug-likeness (QED) is 0.610. The first kappa shape index (κ1) is 25.1. The minimum absolute atomic E-state index is 0.0933. The van der Waals surface area contributed by atoms with Crippen LogP contribution in [-0.4, -0.2) is 70.8 Å². The van der Waals surface area contributed by atoms with Crippen molar-refractivity contribution in [3.05, 3.63) is 0 Å². The van der Waals surface area contributed by atoms with Gasteiger partial charge >= 0.3 is 12.1 Å². The number of halogens is 3. The molecule has 0 aromatic carbocycles. The van der Waals surface area contributed by atoms with Crippen molar-refractivity contribution in [2.24, 2.45) is 5.92 Å². The molecule has 13 heteroatoms. The van der Waals surface area contributed by atoms with E-state index in [0.717, 1.165) is 5.92 Å².